The summed E-state index contributed by atoms with van der Waals surface area (Å²) in [6.07, 6.45) is 6.29. The monoisotopic (exact) mass is 315 g/mol. The summed E-state index contributed by atoms with van der Waals surface area (Å²) in [4.78, 5) is 0.280. The number of benzene rings is 1. The second-order valence-corrected chi connectivity index (χ2v) is 7.75. The van der Waals surface area contributed by atoms with Crippen LogP contribution >= 0.6 is 11.8 Å². The number of hydrogen-bond acceptors (Lipinski definition) is 5. The number of nitrogens with one attached hydrogen (secondary N) is 2. The fourth-order valence-electron chi connectivity index (χ4n) is 2.51. The van der Waals surface area contributed by atoms with Gasteiger partial charge in [0.15, 0.2) is 0 Å². The molecule has 2 rings (SSSR count). The molecule has 1 saturated carbocycles. The van der Waals surface area contributed by atoms with Crippen molar-refractivity contribution in [2.24, 2.45) is 5.84 Å². The molecule has 112 valence electrons. The minimum Gasteiger partial charge on any atom is -0.324 e. The van der Waals surface area contributed by atoms with Gasteiger partial charge in [-0.25, -0.2) is 13.1 Å². The summed E-state index contributed by atoms with van der Waals surface area (Å²) in [5, 5.41) is 0.364. The van der Waals surface area contributed by atoms with E-state index in [1.165, 1.54) is 6.42 Å². The lowest BCUT2D eigenvalue weighted by Gasteiger charge is -2.30. The van der Waals surface area contributed by atoms with Crippen LogP contribution in [-0.4, -0.2) is 26.0 Å². The normalized spacial score (nSPS) is 23.5. The fraction of sp³-hybridized carbons (Fsp3) is 0.538. The Labute approximate surface area is 124 Å². The number of nitrogens with two attached hydrogens (primary N) is 1. The van der Waals surface area contributed by atoms with Gasteiger partial charge in [0.05, 0.1) is 4.90 Å². The third-order valence-corrected chi connectivity index (χ3v) is 6.32. The molecule has 1 aliphatic carbocycles. The van der Waals surface area contributed by atoms with Crippen molar-refractivity contribution in [3.63, 3.8) is 0 Å². The molecule has 0 saturated heterocycles. The van der Waals surface area contributed by atoms with Gasteiger partial charge in [0.2, 0.25) is 10.0 Å². The van der Waals surface area contributed by atoms with Gasteiger partial charge in [-0.15, -0.1) is 0 Å². The molecule has 4 N–H and O–H groups in total. The van der Waals surface area contributed by atoms with E-state index in [0.29, 0.717) is 10.9 Å². The summed E-state index contributed by atoms with van der Waals surface area (Å²) in [5.74, 6) is 5.28. The largest absolute Gasteiger partial charge is 0.324 e. The lowest BCUT2D eigenvalue weighted by Crippen LogP contribution is -2.43. The van der Waals surface area contributed by atoms with Gasteiger partial charge in [-0.2, -0.15) is 11.8 Å². The molecule has 0 heterocycles. The second-order valence-electron chi connectivity index (χ2n) is 4.96. The first kappa shape index (κ1) is 15.6. The van der Waals surface area contributed by atoms with Crippen molar-refractivity contribution in [1.82, 2.24) is 4.72 Å². The topological polar surface area (TPSA) is 84.2 Å². The van der Waals surface area contributed by atoms with E-state index in [1.54, 1.807) is 36.0 Å². The molecule has 0 aromatic heterocycles. The van der Waals surface area contributed by atoms with Crippen LogP contribution < -0.4 is 16.0 Å². The first-order valence-corrected chi connectivity index (χ1v) is 9.46. The van der Waals surface area contributed by atoms with Gasteiger partial charge >= 0.3 is 0 Å². The van der Waals surface area contributed by atoms with Crippen LogP contribution in [0.25, 0.3) is 0 Å². The van der Waals surface area contributed by atoms with Crippen molar-refractivity contribution in [2.75, 3.05) is 11.7 Å². The van der Waals surface area contributed by atoms with E-state index in [9.17, 15) is 8.42 Å². The summed E-state index contributed by atoms with van der Waals surface area (Å²) < 4.78 is 27.6. The molecule has 0 amide bonds. The number of rotatable bonds is 5. The Morgan fingerprint density at radius 3 is 2.45 bits per heavy atom. The second kappa shape index (κ2) is 6.80. The van der Waals surface area contributed by atoms with Gasteiger partial charge in [-0.1, -0.05) is 12.8 Å². The third kappa shape index (κ3) is 3.66. The maximum atomic E-state index is 12.4. The molecule has 0 aliphatic heterocycles. The predicted molar refractivity (Wildman–Crippen MR) is 84.1 cm³/mol. The number of hydrazine groups is 1. The van der Waals surface area contributed by atoms with Crippen molar-refractivity contribution in [1.29, 1.82) is 0 Å². The van der Waals surface area contributed by atoms with E-state index in [-0.39, 0.29) is 10.9 Å². The van der Waals surface area contributed by atoms with Crippen LogP contribution in [0.3, 0.4) is 0 Å². The molecule has 2 atom stereocenters. The molecule has 2 unspecified atom stereocenters. The Morgan fingerprint density at radius 1 is 1.20 bits per heavy atom. The summed E-state index contributed by atoms with van der Waals surface area (Å²) >= 11 is 1.74. The number of anilines is 1. The number of hydrogen-bond donors (Lipinski definition) is 3. The van der Waals surface area contributed by atoms with Crippen LogP contribution in [0.1, 0.15) is 25.7 Å². The van der Waals surface area contributed by atoms with Gasteiger partial charge in [0.1, 0.15) is 0 Å². The lowest BCUT2D eigenvalue weighted by molar-refractivity contribution is 0.423. The Balaban J connectivity index is 2.12. The molecule has 1 aliphatic rings. The SMILES string of the molecule is CSC1CCCCC1NS(=O)(=O)c1ccc(NN)cc1. The Hall–Kier alpha value is -0.760. The minimum absolute atomic E-state index is 0.0241. The molecule has 0 bridgehead atoms. The van der Waals surface area contributed by atoms with Crippen LogP contribution in [0.15, 0.2) is 29.2 Å². The van der Waals surface area contributed by atoms with Crippen LogP contribution in [-0.2, 0) is 10.0 Å². The Morgan fingerprint density at radius 2 is 1.85 bits per heavy atom. The number of nitrogen functional groups attached to an aromatic ring is 1. The molecule has 0 spiro atoms. The maximum Gasteiger partial charge on any atom is 0.240 e. The molecular formula is C13H21N3O2S2. The molecule has 1 aromatic rings. The first-order valence-electron chi connectivity index (χ1n) is 6.68. The van der Waals surface area contributed by atoms with Crippen molar-refractivity contribution in [3.8, 4) is 0 Å². The van der Waals surface area contributed by atoms with E-state index >= 15 is 0 Å². The van der Waals surface area contributed by atoms with E-state index in [4.69, 9.17) is 5.84 Å². The average Bonchev–Trinajstić information content (AvgIpc) is 2.47. The lowest BCUT2D eigenvalue weighted by atomic mass is 9.96. The van der Waals surface area contributed by atoms with Crippen LogP contribution in [0, 0.1) is 0 Å². The Kier molecular flexibility index (Phi) is 5.31. The first-order chi connectivity index (χ1) is 9.56. The minimum atomic E-state index is -3.46. The van der Waals surface area contributed by atoms with Crippen LogP contribution in [0.5, 0.6) is 0 Å². The summed E-state index contributed by atoms with van der Waals surface area (Å²) in [6.45, 7) is 0. The molecule has 1 fully saturated rings. The average molecular weight is 315 g/mol. The van der Waals surface area contributed by atoms with E-state index in [0.717, 1.165) is 19.3 Å². The summed E-state index contributed by atoms with van der Waals surface area (Å²) in [7, 11) is -3.46. The highest BCUT2D eigenvalue weighted by Gasteiger charge is 2.28. The molecular weight excluding hydrogens is 294 g/mol. The van der Waals surface area contributed by atoms with Gasteiger partial charge in [-0.3, -0.25) is 5.84 Å². The molecule has 7 heteroatoms. The molecule has 0 radical (unpaired) electrons. The molecule has 1 aromatic carbocycles. The highest BCUT2D eigenvalue weighted by atomic mass is 32.2. The fourth-order valence-corrected chi connectivity index (χ4v) is 4.84. The van der Waals surface area contributed by atoms with Crippen molar-refractivity contribution in [2.45, 2.75) is 41.9 Å². The number of thioether (sulfide) groups is 1. The smallest absolute Gasteiger partial charge is 0.240 e. The zero-order valence-electron chi connectivity index (χ0n) is 11.5. The van der Waals surface area contributed by atoms with Gasteiger partial charge in [0, 0.05) is 17.0 Å². The van der Waals surface area contributed by atoms with Crippen LogP contribution in [0.4, 0.5) is 5.69 Å². The summed E-state index contributed by atoms with van der Waals surface area (Å²) in [5.41, 5.74) is 3.17. The van der Waals surface area contributed by atoms with Gasteiger partial charge in [-0.05, 0) is 43.4 Å². The van der Waals surface area contributed by atoms with Crippen molar-refractivity contribution in [3.05, 3.63) is 24.3 Å². The van der Waals surface area contributed by atoms with Gasteiger partial charge in [0.25, 0.3) is 0 Å². The zero-order chi connectivity index (χ0) is 14.6. The van der Waals surface area contributed by atoms with Gasteiger partial charge < -0.3 is 5.43 Å². The quantitative estimate of drug-likeness (QED) is 0.571. The highest BCUT2D eigenvalue weighted by molar-refractivity contribution is 7.99. The Bertz CT molecular complexity index is 531. The zero-order valence-corrected chi connectivity index (χ0v) is 13.1. The molecule has 20 heavy (non-hydrogen) atoms. The number of sulfonamides is 1. The van der Waals surface area contributed by atoms with Crippen molar-refractivity contribution >= 4 is 27.5 Å². The van der Waals surface area contributed by atoms with Crippen LogP contribution in [0.2, 0.25) is 0 Å². The highest BCUT2D eigenvalue weighted by Crippen LogP contribution is 2.28. The molecule has 5 nitrogen and oxygen atoms in total. The van der Waals surface area contributed by atoms with E-state index in [2.05, 4.69) is 10.1 Å². The third-order valence-electron chi connectivity index (χ3n) is 3.64. The van der Waals surface area contributed by atoms with Crippen molar-refractivity contribution < 1.29 is 8.42 Å². The van der Waals surface area contributed by atoms with E-state index < -0.39 is 10.0 Å². The van der Waals surface area contributed by atoms with E-state index in [1.807, 2.05) is 6.26 Å². The predicted octanol–water partition coefficient (Wildman–Crippen LogP) is 1.92. The standard InChI is InChI=1S/C13H21N3O2S2/c1-19-13-5-3-2-4-12(13)16-20(17,18)11-8-6-10(15-14)7-9-11/h6-9,12-13,15-16H,2-5,14H2,1H3. The maximum absolute atomic E-state index is 12.4. The summed E-state index contributed by atoms with van der Waals surface area (Å²) in [6, 6.07) is 6.46.